The summed E-state index contributed by atoms with van der Waals surface area (Å²) in [6.45, 7) is 1.98. The number of carbonyl (C=O) groups is 1. The first-order valence-corrected chi connectivity index (χ1v) is 8.00. The molecule has 0 saturated heterocycles. The van der Waals surface area contributed by atoms with Gasteiger partial charge in [-0.2, -0.15) is 23.3 Å². The molecule has 1 aliphatic heterocycles. The van der Waals surface area contributed by atoms with E-state index in [2.05, 4.69) is 5.10 Å². The number of benzene rings is 1. The van der Waals surface area contributed by atoms with E-state index in [1.807, 2.05) is 6.92 Å². The second kappa shape index (κ2) is 7.34. The topological polar surface area (TPSA) is 52.9 Å². The minimum Gasteiger partial charge on any atom is -0.362 e. The molecule has 1 heterocycles. The fraction of sp³-hybridized carbons (Fsp3) is 0.529. The Morgan fingerprint density at radius 3 is 2.54 bits per heavy atom. The number of hydrazone groups is 1. The molecule has 0 bridgehead atoms. The van der Waals surface area contributed by atoms with E-state index in [0.29, 0.717) is 18.4 Å². The van der Waals surface area contributed by atoms with E-state index in [9.17, 15) is 23.1 Å². The van der Waals surface area contributed by atoms with Gasteiger partial charge in [0.2, 0.25) is 5.91 Å². The number of rotatable bonds is 6. The lowest BCUT2D eigenvalue weighted by atomic mass is 10.0. The summed E-state index contributed by atoms with van der Waals surface area (Å²) in [5.74, 6) is -0.869. The molecule has 1 aromatic rings. The molecule has 1 aliphatic rings. The van der Waals surface area contributed by atoms with Gasteiger partial charge >= 0.3 is 6.18 Å². The smallest absolute Gasteiger partial charge is 0.362 e. The zero-order valence-electron chi connectivity index (χ0n) is 13.5. The van der Waals surface area contributed by atoms with Gasteiger partial charge in [-0.1, -0.05) is 50.1 Å². The van der Waals surface area contributed by atoms with E-state index in [4.69, 9.17) is 0 Å². The van der Waals surface area contributed by atoms with Crippen molar-refractivity contribution in [1.82, 2.24) is 5.01 Å². The van der Waals surface area contributed by atoms with Crippen molar-refractivity contribution in [2.75, 3.05) is 0 Å². The van der Waals surface area contributed by atoms with Crippen LogP contribution in [0.2, 0.25) is 0 Å². The van der Waals surface area contributed by atoms with Crippen LogP contribution in [-0.4, -0.2) is 33.6 Å². The second-order valence-electron chi connectivity index (χ2n) is 5.98. The van der Waals surface area contributed by atoms with Gasteiger partial charge in [0.15, 0.2) is 0 Å². The van der Waals surface area contributed by atoms with E-state index in [-0.39, 0.29) is 17.1 Å². The van der Waals surface area contributed by atoms with Crippen LogP contribution in [-0.2, 0) is 11.2 Å². The molecule has 0 aromatic heterocycles. The van der Waals surface area contributed by atoms with Gasteiger partial charge in [-0.25, -0.2) is 0 Å². The number of alkyl halides is 3. The molecule has 24 heavy (non-hydrogen) atoms. The number of unbranched alkanes of at least 4 members (excludes halogenated alkanes) is 2. The number of halogens is 3. The molecule has 1 N–H and O–H groups in total. The maximum atomic E-state index is 13.3. The Kier molecular flexibility index (Phi) is 5.64. The third-order valence-corrected chi connectivity index (χ3v) is 4.00. The van der Waals surface area contributed by atoms with Crippen LogP contribution < -0.4 is 0 Å². The minimum absolute atomic E-state index is 0.213. The lowest BCUT2D eigenvalue weighted by molar-refractivity contribution is -0.302. The quantitative estimate of drug-likeness (QED) is 0.803. The van der Waals surface area contributed by atoms with Crippen LogP contribution in [0.5, 0.6) is 0 Å². The molecule has 0 saturated carbocycles. The van der Waals surface area contributed by atoms with Crippen LogP contribution in [0.3, 0.4) is 0 Å². The summed E-state index contributed by atoms with van der Waals surface area (Å²) in [6, 6.07) is 8.43. The summed E-state index contributed by atoms with van der Waals surface area (Å²) in [4.78, 5) is 12.3. The molecule has 0 radical (unpaired) electrons. The molecule has 0 fully saturated rings. The van der Waals surface area contributed by atoms with Crippen molar-refractivity contribution in [3.63, 3.8) is 0 Å². The third kappa shape index (κ3) is 3.95. The fourth-order valence-corrected chi connectivity index (χ4v) is 2.66. The standard InChI is InChI=1S/C17H21F3N2O2/c1-2-3-5-10-14-12-16(24,17(18,19)20)22(21-14)15(23)11-13-8-6-4-7-9-13/h4,6-9,24H,2-3,5,10-12H2,1H3/t16-/m1/s1. The molecule has 1 aromatic carbocycles. The van der Waals surface area contributed by atoms with Crippen molar-refractivity contribution in [2.45, 2.75) is 57.3 Å². The predicted molar refractivity (Wildman–Crippen MR) is 84.2 cm³/mol. The van der Waals surface area contributed by atoms with Crippen molar-refractivity contribution >= 4 is 11.6 Å². The highest BCUT2D eigenvalue weighted by Crippen LogP contribution is 2.41. The molecule has 132 valence electrons. The fourth-order valence-electron chi connectivity index (χ4n) is 2.66. The Hall–Kier alpha value is -1.89. The summed E-state index contributed by atoms with van der Waals surface area (Å²) < 4.78 is 40.0. The summed E-state index contributed by atoms with van der Waals surface area (Å²) in [7, 11) is 0. The van der Waals surface area contributed by atoms with Gasteiger partial charge in [0.05, 0.1) is 6.42 Å². The lowest BCUT2D eigenvalue weighted by Crippen LogP contribution is -2.57. The van der Waals surface area contributed by atoms with Gasteiger partial charge in [-0.3, -0.25) is 4.79 Å². The molecule has 2 rings (SSSR count). The molecular weight excluding hydrogens is 321 g/mol. The summed E-state index contributed by atoms with van der Waals surface area (Å²) in [6.07, 6.45) is -3.07. The summed E-state index contributed by atoms with van der Waals surface area (Å²) >= 11 is 0. The van der Waals surface area contributed by atoms with Crippen LogP contribution in [0.15, 0.2) is 35.4 Å². The van der Waals surface area contributed by atoms with E-state index < -0.39 is 24.2 Å². The first-order valence-electron chi connectivity index (χ1n) is 8.00. The largest absolute Gasteiger partial charge is 0.438 e. The highest BCUT2D eigenvalue weighted by molar-refractivity contribution is 5.91. The number of aliphatic hydroxyl groups is 1. The molecule has 7 heteroatoms. The van der Waals surface area contributed by atoms with Gasteiger partial charge in [0.1, 0.15) is 0 Å². The van der Waals surface area contributed by atoms with Gasteiger partial charge < -0.3 is 5.11 Å². The van der Waals surface area contributed by atoms with Gasteiger partial charge in [-0.15, -0.1) is 0 Å². The summed E-state index contributed by atoms with van der Waals surface area (Å²) in [5, 5.41) is 14.2. The number of hydrogen-bond acceptors (Lipinski definition) is 3. The molecule has 0 spiro atoms. The number of carbonyl (C=O) groups excluding carboxylic acids is 1. The van der Waals surface area contributed by atoms with Crippen molar-refractivity contribution in [1.29, 1.82) is 0 Å². The third-order valence-electron chi connectivity index (χ3n) is 4.00. The molecule has 0 unspecified atom stereocenters. The zero-order chi connectivity index (χ0) is 17.8. The average molecular weight is 342 g/mol. The van der Waals surface area contributed by atoms with E-state index >= 15 is 0 Å². The van der Waals surface area contributed by atoms with Gasteiger partial charge in [-0.05, 0) is 18.4 Å². The van der Waals surface area contributed by atoms with Crippen LogP contribution in [0.25, 0.3) is 0 Å². The van der Waals surface area contributed by atoms with E-state index in [0.717, 1.165) is 12.8 Å². The van der Waals surface area contributed by atoms with Crippen molar-refractivity contribution < 1.29 is 23.1 Å². The molecular formula is C17H21F3N2O2. The predicted octanol–water partition coefficient (Wildman–Crippen LogP) is 3.65. The molecule has 4 nitrogen and oxygen atoms in total. The van der Waals surface area contributed by atoms with Crippen LogP contribution in [0.4, 0.5) is 13.2 Å². The maximum absolute atomic E-state index is 13.3. The van der Waals surface area contributed by atoms with Crippen molar-refractivity contribution in [3.05, 3.63) is 35.9 Å². The maximum Gasteiger partial charge on any atom is 0.438 e. The van der Waals surface area contributed by atoms with Gasteiger partial charge in [0, 0.05) is 12.1 Å². The SMILES string of the molecule is CCCCCC1=NN(C(=O)Cc2ccccc2)[C@](O)(C(F)(F)F)C1. The first kappa shape index (κ1) is 18.4. The van der Waals surface area contributed by atoms with Crippen molar-refractivity contribution in [3.8, 4) is 0 Å². The van der Waals surface area contributed by atoms with Crippen LogP contribution in [0.1, 0.15) is 44.6 Å². The number of hydrogen-bond donors (Lipinski definition) is 1. The molecule has 0 aliphatic carbocycles. The highest BCUT2D eigenvalue weighted by Gasteiger charge is 2.62. The molecule has 1 atom stereocenters. The zero-order valence-corrected chi connectivity index (χ0v) is 13.5. The van der Waals surface area contributed by atoms with Crippen LogP contribution >= 0.6 is 0 Å². The molecule has 1 amide bonds. The number of nitrogens with zero attached hydrogens (tertiary/aromatic N) is 2. The first-order chi connectivity index (χ1) is 11.3. The lowest BCUT2D eigenvalue weighted by Gasteiger charge is -2.32. The minimum atomic E-state index is -4.96. The van der Waals surface area contributed by atoms with Crippen molar-refractivity contribution in [2.24, 2.45) is 5.10 Å². The number of amides is 1. The van der Waals surface area contributed by atoms with Gasteiger partial charge in [0.25, 0.3) is 5.72 Å². The Morgan fingerprint density at radius 1 is 1.29 bits per heavy atom. The second-order valence-corrected chi connectivity index (χ2v) is 5.98. The Labute approximate surface area is 139 Å². The Bertz CT molecular complexity index is 602. The Balaban J connectivity index is 2.19. The average Bonchev–Trinajstić information content (AvgIpc) is 2.87. The summed E-state index contributed by atoms with van der Waals surface area (Å²) in [5.41, 5.74) is -2.47. The normalized spacial score (nSPS) is 21.0. The Morgan fingerprint density at radius 2 is 1.96 bits per heavy atom. The van der Waals surface area contributed by atoms with E-state index in [1.54, 1.807) is 30.3 Å². The highest BCUT2D eigenvalue weighted by atomic mass is 19.4. The van der Waals surface area contributed by atoms with Crippen LogP contribution in [0, 0.1) is 0 Å². The monoisotopic (exact) mass is 342 g/mol. The van der Waals surface area contributed by atoms with E-state index in [1.165, 1.54) is 0 Å².